The lowest BCUT2D eigenvalue weighted by molar-refractivity contribution is -0.323. The van der Waals surface area contributed by atoms with Crippen molar-refractivity contribution < 1.29 is 46.4 Å². The second kappa shape index (κ2) is 27.8. The van der Waals surface area contributed by atoms with E-state index in [0.29, 0.717) is 17.7 Å². The topological polar surface area (TPSA) is 128 Å². The number of carbonyl (C=O) groups is 1. The second-order valence-electron chi connectivity index (χ2n) is 20.0. The number of hydrogen-bond donors (Lipinski definition) is 0. The Balaban J connectivity index is 1.16. The Bertz CT molecular complexity index is 2300. The first-order valence-electron chi connectivity index (χ1n) is 26.5. The standard InChI is InChI=1S/C59H79NO10S/c1-5-6-7-8-9-10-11-12-13-14-15-28-37-51-54(70-59(3,4)69-51)49(60-50(40-45-29-20-16-21-30-45)53(61)48-35-26-19-27-36-48)38-39-71(62,63)58-57(66-42-47-33-24-18-25-34-47)56(65-41-46-31-22-17-23-32-46)55-52(68-58)43-64-44(2)67-55/h16-27,29-36,44,49,51-52,54-58H,5-15,28,37-43H2,1-4H3/t44?,49-,51?,52?,54-,55-,56?,57-,58-/m0/s1. The number of sulfone groups is 1. The Morgan fingerprint density at radius 3 is 1.77 bits per heavy atom. The molecule has 12 heteroatoms. The monoisotopic (exact) mass is 994 g/mol. The third kappa shape index (κ3) is 16.7. The van der Waals surface area contributed by atoms with Gasteiger partial charge in [-0.25, -0.2) is 8.42 Å². The van der Waals surface area contributed by atoms with E-state index in [4.69, 9.17) is 38.2 Å². The van der Waals surface area contributed by atoms with Crippen molar-refractivity contribution in [2.75, 3.05) is 12.4 Å². The summed E-state index contributed by atoms with van der Waals surface area (Å²) < 4.78 is 76.2. The van der Waals surface area contributed by atoms with Gasteiger partial charge in [-0.1, -0.05) is 205 Å². The highest BCUT2D eigenvalue weighted by atomic mass is 32.2. The summed E-state index contributed by atoms with van der Waals surface area (Å²) in [4.78, 5) is 19.9. The number of unbranched alkanes of at least 4 members (excludes halogenated alkanes) is 11. The number of aliphatic imine (C=N–C) groups is 1. The molecule has 4 aromatic rings. The van der Waals surface area contributed by atoms with Crippen molar-refractivity contribution in [3.63, 3.8) is 0 Å². The van der Waals surface area contributed by atoms with E-state index in [9.17, 15) is 4.79 Å². The zero-order valence-corrected chi connectivity index (χ0v) is 43.4. The lowest BCUT2D eigenvalue weighted by Gasteiger charge is -2.48. The van der Waals surface area contributed by atoms with Gasteiger partial charge in [0.05, 0.1) is 43.4 Å². The van der Waals surface area contributed by atoms with E-state index in [0.717, 1.165) is 36.0 Å². The average molecular weight is 994 g/mol. The lowest BCUT2D eigenvalue weighted by atomic mass is 9.96. The normalized spacial score (nSPS) is 24.9. The van der Waals surface area contributed by atoms with Crippen molar-refractivity contribution in [3.8, 4) is 0 Å². The summed E-state index contributed by atoms with van der Waals surface area (Å²) in [5.41, 5.74) is 2.09. The SMILES string of the molecule is CCCCCCCCCCCCCCC1OC(C)(C)O[C@H]1[C@H](CCS(=O)(=O)[C@@H]1OC2COC(C)O[C@@H]2C(OCc2ccccc2)[C@@H]1OCc1ccccc1)N=C(Cc1ccccc1)C(=O)c1ccccc1. The van der Waals surface area contributed by atoms with Gasteiger partial charge in [0, 0.05) is 12.0 Å². The Labute approximate surface area is 424 Å². The van der Waals surface area contributed by atoms with Crippen LogP contribution in [-0.2, 0) is 62.6 Å². The second-order valence-corrected chi connectivity index (χ2v) is 22.2. The van der Waals surface area contributed by atoms with Crippen LogP contribution in [0, 0.1) is 0 Å². The third-order valence-corrected chi connectivity index (χ3v) is 15.7. The van der Waals surface area contributed by atoms with Gasteiger partial charge < -0.3 is 33.2 Å². The van der Waals surface area contributed by atoms with Crippen LogP contribution in [0.1, 0.15) is 145 Å². The molecule has 0 spiro atoms. The fourth-order valence-electron chi connectivity index (χ4n) is 10.1. The first-order valence-corrected chi connectivity index (χ1v) is 28.2. The summed E-state index contributed by atoms with van der Waals surface area (Å²) in [6.45, 7) is 8.30. The van der Waals surface area contributed by atoms with Crippen LogP contribution < -0.4 is 0 Å². The van der Waals surface area contributed by atoms with Crippen molar-refractivity contribution >= 4 is 21.3 Å². The molecule has 0 N–H and O–H groups in total. The number of rotatable bonds is 29. The Morgan fingerprint density at radius 1 is 0.676 bits per heavy atom. The highest BCUT2D eigenvalue weighted by Gasteiger charge is 2.55. The molecule has 0 saturated carbocycles. The number of ketones is 1. The zero-order valence-electron chi connectivity index (χ0n) is 42.6. The molecule has 3 heterocycles. The molecule has 4 aromatic carbocycles. The van der Waals surface area contributed by atoms with Crippen molar-refractivity contribution in [2.45, 2.75) is 197 Å². The van der Waals surface area contributed by atoms with Crippen LogP contribution in [-0.4, -0.2) is 92.5 Å². The Kier molecular flexibility index (Phi) is 21.4. The van der Waals surface area contributed by atoms with Gasteiger partial charge in [-0.05, 0) is 50.3 Å². The van der Waals surface area contributed by atoms with E-state index < -0.39 is 63.9 Å². The molecule has 11 nitrogen and oxygen atoms in total. The molecule has 386 valence electrons. The highest BCUT2D eigenvalue weighted by Crippen LogP contribution is 2.38. The van der Waals surface area contributed by atoms with E-state index in [-0.39, 0.29) is 50.3 Å². The zero-order chi connectivity index (χ0) is 49.9. The molecule has 0 aromatic heterocycles. The number of fused-ring (bicyclic) bond motifs is 1. The van der Waals surface area contributed by atoms with Crippen molar-refractivity contribution in [3.05, 3.63) is 144 Å². The van der Waals surface area contributed by atoms with Gasteiger partial charge in [0.1, 0.15) is 30.5 Å². The van der Waals surface area contributed by atoms with E-state index in [2.05, 4.69) is 6.92 Å². The fourth-order valence-corrected chi connectivity index (χ4v) is 11.8. The molecule has 71 heavy (non-hydrogen) atoms. The summed E-state index contributed by atoms with van der Waals surface area (Å²) in [5.74, 6) is -1.53. The average Bonchev–Trinajstić information content (AvgIpc) is 3.70. The van der Waals surface area contributed by atoms with Gasteiger partial charge in [0.2, 0.25) is 5.78 Å². The van der Waals surface area contributed by atoms with Crippen LogP contribution in [0.15, 0.2) is 126 Å². The fraction of sp³-hybridized carbons (Fsp3) is 0.559. The van der Waals surface area contributed by atoms with Crippen molar-refractivity contribution in [2.24, 2.45) is 4.99 Å². The molecule has 0 amide bonds. The van der Waals surface area contributed by atoms with Gasteiger partial charge in [-0.2, -0.15) is 0 Å². The van der Waals surface area contributed by atoms with Crippen LogP contribution in [0.2, 0.25) is 0 Å². The molecule has 4 unspecified atom stereocenters. The van der Waals surface area contributed by atoms with Gasteiger partial charge >= 0.3 is 0 Å². The number of Topliss-reactive ketones (excluding diaryl/α,β-unsaturated/α-hetero) is 1. The number of benzene rings is 4. The van der Waals surface area contributed by atoms with E-state index >= 15 is 8.42 Å². The van der Waals surface area contributed by atoms with Gasteiger partial charge in [-0.15, -0.1) is 0 Å². The minimum absolute atomic E-state index is 0.0284. The molecule has 3 saturated heterocycles. The Morgan fingerprint density at radius 2 is 1.20 bits per heavy atom. The maximum atomic E-state index is 15.3. The molecule has 0 bridgehead atoms. The molecular formula is C59H79NO10S. The van der Waals surface area contributed by atoms with Crippen LogP contribution in [0.5, 0.6) is 0 Å². The van der Waals surface area contributed by atoms with Crippen molar-refractivity contribution in [1.29, 1.82) is 0 Å². The van der Waals surface area contributed by atoms with Gasteiger partial charge in [0.15, 0.2) is 27.4 Å². The minimum atomic E-state index is -4.18. The van der Waals surface area contributed by atoms with Crippen molar-refractivity contribution in [1.82, 2.24) is 0 Å². The molecule has 0 aliphatic carbocycles. The molecular weight excluding hydrogens is 915 g/mol. The van der Waals surface area contributed by atoms with Crippen LogP contribution in [0.4, 0.5) is 0 Å². The van der Waals surface area contributed by atoms with Crippen LogP contribution in [0.25, 0.3) is 0 Å². The summed E-state index contributed by atoms with van der Waals surface area (Å²) in [6, 6.07) is 37.5. The number of hydrogen-bond acceptors (Lipinski definition) is 11. The number of nitrogens with zero attached hydrogens (tertiary/aromatic N) is 1. The summed E-state index contributed by atoms with van der Waals surface area (Å²) >= 11 is 0. The van der Waals surface area contributed by atoms with E-state index in [1.54, 1.807) is 12.1 Å². The number of ether oxygens (including phenoxy) is 7. The van der Waals surface area contributed by atoms with Gasteiger partial charge in [-0.3, -0.25) is 9.79 Å². The maximum absolute atomic E-state index is 15.3. The third-order valence-electron chi connectivity index (χ3n) is 13.8. The largest absolute Gasteiger partial charge is 0.368 e. The predicted molar refractivity (Wildman–Crippen MR) is 279 cm³/mol. The van der Waals surface area contributed by atoms with Crippen LogP contribution >= 0.6 is 0 Å². The molecule has 7 rings (SSSR count). The molecule has 3 fully saturated rings. The highest BCUT2D eigenvalue weighted by molar-refractivity contribution is 7.91. The molecule has 0 radical (unpaired) electrons. The summed E-state index contributed by atoms with van der Waals surface area (Å²) in [7, 11) is -4.18. The van der Waals surface area contributed by atoms with Gasteiger partial charge in [0.25, 0.3) is 0 Å². The lowest BCUT2D eigenvalue weighted by Crippen LogP contribution is -2.65. The Hall–Kier alpha value is -4.11. The first kappa shape index (κ1) is 54.7. The van der Waals surface area contributed by atoms with E-state index in [1.807, 2.05) is 130 Å². The van der Waals surface area contributed by atoms with E-state index in [1.165, 1.54) is 57.8 Å². The maximum Gasteiger partial charge on any atom is 0.207 e. The summed E-state index contributed by atoms with van der Waals surface area (Å²) in [6.07, 6.45) is 10.9. The predicted octanol–water partition coefficient (Wildman–Crippen LogP) is 12.0. The quantitative estimate of drug-likeness (QED) is 0.0295. The summed E-state index contributed by atoms with van der Waals surface area (Å²) in [5, 5.41) is 0. The molecule has 9 atom stereocenters. The smallest absolute Gasteiger partial charge is 0.207 e. The molecule has 3 aliphatic rings. The minimum Gasteiger partial charge on any atom is -0.368 e. The van der Waals surface area contributed by atoms with Crippen LogP contribution in [0.3, 0.4) is 0 Å². The molecule has 3 aliphatic heterocycles. The number of carbonyl (C=O) groups excluding carboxylic acids is 1. The first-order chi connectivity index (χ1) is 34.5.